The van der Waals surface area contributed by atoms with Gasteiger partial charge in [0.1, 0.15) is 11.6 Å². The minimum Gasteiger partial charge on any atom is -0.494 e. The molecule has 4 aliphatic carbocycles. The molecule has 36 heavy (non-hydrogen) atoms. The summed E-state index contributed by atoms with van der Waals surface area (Å²) in [4.78, 5) is 11.7. The van der Waals surface area contributed by atoms with Crippen molar-refractivity contribution >= 4 is 33.4 Å². The van der Waals surface area contributed by atoms with Crippen LogP contribution in [0.1, 0.15) is 38.5 Å². The smallest absolute Gasteiger partial charge is 0.229 e. The summed E-state index contributed by atoms with van der Waals surface area (Å²) in [5, 5.41) is 17.9. The lowest BCUT2D eigenvalue weighted by Crippen LogP contribution is -2.59. The van der Waals surface area contributed by atoms with Crippen molar-refractivity contribution in [3.8, 4) is 5.75 Å². The number of halogens is 1. The molecule has 9 heteroatoms. The summed E-state index contributed by atoms with van der Waals surface area (Å²) in [7, 11) is 0. The molecule has 1 aromatic carbocycles. The zero-order valence-electron chi connectivity index (χ0n) is 20.7. The molecular weight excluding hydrogens is 522 g/mol. The first-order valence-electron chi connectivity index (χ1n) is 13.3. The number of aliphatic hydroxyl groups is 1. The number of hydrogen-bond acceptors (Lipinski definition) is 8. The molecule has 4 saturated carbocycles. The highest BCUT2D eigenvalue weighted by Crippen LogP contribution is 2.56. The first-order chi connectivity index (χ1) is 17.5. The molecule has 8 nitrogen and oxygen atoms in total. The van der Waals surface area contributed by atoms with Crippen molar-refractivity contribution < 1.29 is 14.6 Å². The van der Waals surface area contributed by atoms with Gasteiger partial charge >= 0.3 is 0 Å². The third-order valence-corrected chi connectivity index (χ3v) is 8.97. The van der Waals surface area contributed by atoms with Crippen LogP contribution in [-0.2, 0) is 4.74 Å². The Morgan fingerprint density at radius 2 is 1.86 bits per heavy atom. The molecule has 7 rings (SSSR count). The van der Waals surface area contributed by atoms with E-state index in [1.54, 1.807) is 6.20 Å². The Labute approximate surface area is 221 Å². The summed E-state index contributed by atoms with van der Waals surface area (Å²) in [5.41, 5.74) is 0.490. The second-order valence-electron chi connectivity index (χ2n) is 11.1. The third-order valence-electron chi connectivity index (χ3n) is 8.39. The lowest BCUT2D eigenvalue weighted by molar-refractivity contribution is -0.129. The first-order valence-corrected chi connectivity index (χ1v) is 14.1. The van der Waals surface area contributed by atoms with Crippen molar-refractivity contribution in [2.75, 3.05) is 50.1 Å². The van der Waals surface area contributed by atoms with Crippen molar-refractivity contribution in [2.24, 2.45) is 17.8 Å². The second-order valence-corrected chi connectivity index (χ2v) is 11.9. The maximum atomic E-state index is 10.9. The summed E-state index contributed by atoms with van der Waals surface area (Å²) >= 11 is 3.63. The van der Waals surface area contributed by atoms with E-state index >= 15 is 0 Å². The molecule has 1 saturated heterocycles. The molecule has 2 aromatic rings. The van der Waals surface area contributed by atoms with Gasteiger partial charge in [0.15, 0.2) is 0 Å². The average Bonchev–Trinajstić information content (AvgIpc) is 2.86. The first kappa shape index (κ1) is 24.4. The molecule has 194 valence electrons. The van der Waals surface area contributed by atoms with Crippen LogP contribution >= 0.6 is 15.9 Å². The fourth-order valence-electron chi connectivity index (χ4n) is 6.97. The van der Waals surface area contributed by atoms with Gasteiger partial charge in [0.05, 0.1) is 29.9 Å². The van der Waals surface area contributed by atoms with Crippen LogP contribution in [0.5, 0.6) is 5.75 Å². The maximum Gasteiger partial charge on any atom is 0.229 e. The van der Waals surface area contributed by atoms with Crippen molar-refractivity contribution in [1.29, 1.82) is 0 Å². The summed E-state index contributed by atoms with van der Waals surface area (Å²) in [6.45, 7) is 5.45. The highest BCUT2D eigenvalue weighted by Gasteiger charge is 2.54. The normalized spacial score (nSPS) is 31.4. The van der Waals surface area contributed by atoms with Crippen LogP contribution in [0.3, 0.4) is 0 Å². The van der Waals surface area contributed by atoms with Crippen LogP contribution in [0.25, 0.3) is 0 Å². The minimum atomic E-state index is -0.428. The summed E-state index contributed by atoms with van der Waals surface area (Å²) < 4.78 is 12.2. The molecule has 1 aliphatic heterocycles. The van der Waals surface area contributed by atoms with E-state index in [9.17, 15) is 5.11 Å². The molecule has 2 atom stereocenters. The topological polar surface area (TPSA) is 91.8 Å². The van der Waals surface area contributed by atoms with E-state index in [0.29, 0.717) is 36.4 Å². The number of morpholine rings is 1. The van der Waals surface area contributed by atoms with Gasteiger partial charge in [-0.15, -0.1) is 0 Å². The largest absolute Gasteiger partial charge is 0.494 e. The van der Waals surface area contributed by atoms with Gasteiger partial charge in [-0.25, -0.2) is 4.98 Å². The Hall–Kier alpha value is -1.94. The molecular formula is C27H36BrN5O3. The maximum absolute atomic E-state index is 10.9. The van der Waals surface area contributed by atoms with Crippen LogP contribution < -0.4 is 15.4 Å². The predicted octanol–water partition coefficient (Wildman–Crippen LogP) is 4.44. The van der Waals surface area contributed by atoms with Crippen LogP contribution in [0.4, 0.5) is 17.5 Å². The van der Waals surface area contributed by atoms with E-state index < -0.39 is 5.60 Å². The average molecular weight is 559 g/mol. The quantitative estimate of drug-likeness (QED) is 0.390. The Morgan fingerprint density at radius 1 is 1.11 bits per heavy atom. The molecule has 5 fully saturated rings. The van der Waals surface area contributed by atoms with Gasteiger partial charge in [0.25, 0.3) is 0 Å². The summed E-state index contributed by atoms with van der Waals surface area (Å²) in [6, 6.07) is 8.31. The van der Waals surface area contributed by atoms with Gasteiger partial charge in [0, 0.05) is 37.6 Å². The Morgan fingerprint density at radius 3 is 2.58 bits per heavy atom. The molecule has 1 aromatic heterocycles. The molecule has 0 amide bonds. The van der Waals surface area contributed by atoms with Gasteiger partial charge in [-0.1, -0.05) is 0 Å². The molecule has 2 heterocycles. The van der Waals surface area contributed by atoms with Crippen molar-refractivity contribution in [2.45, 2.75) is 50.2 Å². The zero-order chi connectivity index (χ0) is 24.5. The van der Waals surface area contributed by atoms with Gasteiger partial charge in [0.2, 0.25) is 5.95 Å². The standard InChI is InChI=1S/C27H36BrN5O3/c28-23-17-29-26(32-25(23)31-24-19-12-18-13-20(24)16-27(34,14-18)15-19)30-21-2-4-22(5-3-21)36-9-1-6-33-7-10-35-11-8-33/h2-5,17-20,24,34H,1,6-16H2,(H2,29,30,31,32). The number of hydrogen-bond donors (Lipinski definition) is 3. The molecule has 0 spiro atoms. The number of aromatic nitrogens is 2. The van der Waals surface area contributed by atoms with Gasteiger partial charge < -0.3 is 25.2 Å². The minimum absolute atomic E-state index is 0.362. The molecule has 3 N–H and O–H groups in total. The number of ether oxygens (including phenoxy) is 2. The fraction of sp³-hybridized carbons (Fsp3) is 0.630. The molecule has 0 radical (unpaired) electrons. The van der Waals surface area contributed by atoms with Gasteiger partial charge in [-0.3, -0.25) is 4.90 Å². The predicted molar refractivity (Wildman–Crippen MR) is 143 cm³/mol. The zero-order valence-corrected chi connectivity index (χ0v) is 22.3. The van der Waals surface area contributed by atoms with Crippen LogP contribution in [0.15, 0.2) is 34.9 Å². The van der Waals surface area contributed by atoms with E-state index in [4.69, 9.17) is 14.5 Å². The molecule has 4 bridgehead atoms. The van der Waals surface area contributed by atoms with Crippen molar-refractivity contribution in [3.63, 3.8) is 0 Å². The van der Waals surface area contributed by atoms with Crippen LogP contribution in [0.2, 0.25) is 0 Å². The fourth-order valence-corrected chi connectivity index (χ4v) is 7.28. The van der Waals surface area contributed by atoms with E-state index in [0.717, 1.165) is 80.3 Å². The number of anilines is 3. The van der Waals surface area contributed by atoms with E-state index in [2.05, 4.69) is 36.4 Å². The Bertz CT molecular complexity index is 1030. The molecule has 5 aliphatic rings. The van der Waals surface area contributed by atoms with E-state index in [1.807, 2.05) is 24.3 Å². The molecule has 2 unspecified atom stereocenters. The highest BCUT2D eigenvalue weighted by molar-refractivity contribution is 9.10. The van der Waals surface area contributed by atoms with Crippen LogP contribution in [0, 0.1) is 17.8 Å². The Kier molecular flexibility index (Phi) is 7.07. The number of benzene rings is 1. The van der Waals surface area contributed by atoms with Crippen molar-refractivity contribution in [3.05, 3.63) is 34.9 Å². The van der Waals surface area contributed by atoms with Gasteiger partial charge in [-0.2, -0.15) is 4.98 Å². The second kappa shape index (κ2) is 10.4. The lowest BCUT2D eigenvalue weighted by Gasteiger charge is -2.58. The Balaban J connectivity index is 1.02. The highest BCUT2D eigenvalue weighted by atomic mass is 79.9. The van der Waals surface area contributed by atoms with E-state index in [1.165, 1.54) is 12.8 Å². The lowest BCUT2D eigenvalue weighted by atomic mass is 9.52. The summed E-state index contributed by atoms with van der Waals surface area (Å²) in [6.07, 6.45) is 8.05. The number of rotatable bonds is 9. The number of nitrogens with one attached hydrogen (secondary N) is 2. The third kappa shape index (κ3) is 5.49. The van der Waals surface area contributed by atoms with E-state index in [-0.39, 0.29) is 0 Å². The van der Waals surface area contributed by atoms with Crippen LogP contribution in [-0.4, -0.2) is 71.1 Å². The number of nitrogens with zero attached hydrogens (tertiary/aromatic N) is 3. The monoisotopic (exact) mass is 557 g/mol. The van der Waals surface area contributed by atoms with Gasteiger partial charge in [-0.05, 0) is 96.5 Å². The summed E-state index contributed by atoms with van der Waals surface area (Å²) in [5.74, 6) is 3.96. The van der Waals surface area contributed by atoms with Crippen molar-refractivity contribution in [1.82, 2.24) is 14.9 Å². The SMILES string of the molecule is OC12CC3CC(C1)C(Nc1nc(Nc4ccc(OCCCN5CCOCC5)cc4)ncc1Br)C(C3)C2.